The maximum Gasteiger partial charge on any atom is 0.178 e. The average Bonchev–Trinajstić information content (AvgIpc) is 2.40. The van der Waals surface area contributed by atoms with Crippen LogP contribution >= 0.6 is 11.3 Å². The largest absolute Gasteiger partial charge is 0.295 e. The van der Waals surface area contributed by atoms with Gasteiger partial charge in [0, 0.05) is 4.88 Å². The number of allylic oxidation sites excluding steroid dienone is 1. The maximum absolute atomic E-state index is 12.2. The molecule has 0 bridgehead atoms. The highest BCUT2D eigenvalue weighted by Gasteiger charge is 1.91. The predicted octanol–water partition coefficient (Wildman–Crippen LogP) is 2.26. The van der Waals surface area contributed by atoms with Gasteiger partial charge in [0.25, 0.3) is 0 Å². The third-order valence-corrected chi connectivity index (χ3v) is 1.76. The Morgan fingerprint density at radius 3 is 3.00 bits per heavy atom. The van der Waals surface area contributed by atoms with Gasteiger partial charge in [-0.25, -0.2) is 4.39 Å². The lowest BCUT2D eigenvalue weighted by atomic mass is 10.4. The van der Waals surface area contributed by atoms with Gasteiger partial charge in [0.05, 0.1) is 0 Å². The Hall–Kier alpha value is -0.960. The molecule has 0 saturated carbocycles. The monoisotopic (exact) mass is 156 g/mol. The molecule has 0 aliphatic rings. The third kappa shape index (κ3) is 1.77. The Morgan fingerprint density at radius 1 is 1.70 bits per heavy atom. The molecule has 0 aromatic carbocycles. The van der Waals surface area contributed by atoms with Crippen LogP contribution in [0.5, 0.6) is 0 Å². The third-order valence-electron chi connectivity index (χ3n) is 0.936. The second kappa shape index (κ2) is 3.27. The minimum absolute atomic E-state index is 0.194. The van der Waals surface area contributed by atoms with Crippen molar-refractivity contribution in [3.05, 3.63) is 28.2 Å². The fraction of sp³-hybridized carbons (Fsp3) is 0. The van der Waals surface area contributed by atoms with Crippen LogP contribution in [0.25, 0.3) is 6.08 Å². The smallest absolute Gasteiger partial charge is 0.178 e. The van der Waals surface area contributed by atoms with Crippen LogP contribution in [0.15, 0.2) is 23.3 Å². The number of hydrogen-bond donors (Lipinski definition) is 0. The van der Waals surface area contributed by atoms with Crippen molar-refractivity contribution >= 4 is 23.7 Å². The van der Waals surface area contributed by atoms with Crippen molar-refractivity contribution in [3.8, 4) is 0 Å². The van der Waals surface area contributed by atoms with Crippen LogP contribution in [0, 0.1) is 0 Å². The van der Waals surface area contributed by atoms with Gasteiger partial charge in [-0.15, -0.1) is 11.3 Å². The van der Waals surface area contributed by atoms with Gasteiger partial charge in [0.2, 0.25) is 0 Å². The first kappa shape index (κ1) is 7.15. The van der Waals surface area contributed by atoms with Crippen molar-refractivity contribution in [3.63, 3.8) is 0 Å². The van der Waals surface area contributed by atoms with Crippen molar-refractivity contribution in [1.82, 2.24) is 0 Å². The molecule has 1 aromatic rings. The van der Waals surface area contributed by atoms with Crippen LogP contribution in [0.1, 0.15) is 4.88 Å². The molecule has 0 atom stereocenters. The number of halogens is 1. The molecule has 0 aliphatic heterocycles. The molecular formula is C7H5FOS. The van der Waals surface area contributed by atoms with E-state index in [1.54, 1.807) is 12.1 Å². The second-order valence-electron chi connectivity index (χ2n) is 1.66. The van der Waals surface area contributed by atoms with E-state index in [4.69, 9.17) is 0 Å². The zero-order chi connectivity index (χ0) is 7.40. The molecule has 0 unspecified atom stereocenters. The summed E-state index contributed by atoms with van der Waals surface area (Å²) >= 11 is 1.39. The Labute approximate surface area is 61.8 Å². The van der Waals surface area contributed by atoms with E-state index in [9.17, 15) is 9.18 Å². The minimum Gasteiger partial charge on any atom is -0.295 e. The Kier molecular flexibility index (Phi) is 2.34. The fourth-order valence-corrected chi connectivity index (χ4v) is 1.20. The molecule has 1 aromatic heterocycles. The van der Waals surface area contributed by atoms with Gasteiger partial charge in [0.15, 0.2) is 12.1 Å². The lowest BCUT2D eigenvalue weighted by molar-refractivity contribution is -0.106. The molecule has 1 heterocycles. The molecule has 52 valence electrons. The number of aldehydes is 1. The van der Waals surface area contributed by atoms with E-state index in [0.29, 0.717) is 0 Å². The lowest BCUT2D eigenvalue weighted by Crippen LogP contribution is -1.70. The number of carbonyl (C=O) groups is 1. The number of hydrogen-bond acceptors (Lipinski definition) is 2. The second-order valence-corrected chi connectivity index (χ2v) is 2.64. The van der Waals surface area contributed by atoms with Crippen LogP contribution < -0.4 is 0 Å². The summed E-state index contributed by atoms with van der Waals surface area (Å²) in [6, 6.07) is 3.54. The molecule has 0 spiro atoms. The van der Waals surface area contributed by atoms with Crippen LogP contribution in [0.2, 0.25) is 0 Å². The molecule has 1 rings (SSSR count). The van der Waals surface area contributed by atoms with Crippen LogP contribution in [-0.4, -0.2) is 6.29 Å². The highest BCUT2D eigenvalue weighted by Crippen LogP contribution is 2.12. The van der Waals surface area contributed by atoms with Crippen molar-refractivity contribution in [1.29, 1.82) is 0 Å². The van der Waals surface area contributed by atoms with Gasteiger partial charge >= 0.3 is 0 Å². The van der Waals surface area contributed by atoms with Gasteiger partial charge in [-0.2, -0.15) is 0 Å². The van der Waals surface area contributed by atoms with Crippen LogP contribution in [0.4, 0.5) is 4.39 Å². The van der Waals surface area contributed by atoms with Crippen LogP contribution in [-0.2, 0) is 4.79 Å². The van der Waals surface area contributed by atoms with Crippen LogP contribution in [0.3, 0.4) is 0 Å². The quantitative estimate of drug-likeness (QED) is 0.474. The molecule has 0 N–H and O–H groups in total. The van der Waals surface area contributed by atoms with E-state index >= 15 is 0 Å². The molecule has 0 aliphatic carbocycles. The molecular weight excluding hydrogens is 151 g/mol. The van der Waals surface area contributed by atoms with Gasteiger partial charge in [-0.3, -0.25) is 4.79 Å². The summed E-state index contributed by atoms with van der Waals surface area (Å²) < 4.78 is 12.2. The number of carbonyl (C=O) groups excluding carboxylic acids is 1. The van der Waals surface area contributed by atoms with E-state index in [0.717, 1.165) is 4.88 Å². The summed E-state index contributed by atoms with van der Waals surface area (Å²) in [7, 11) is 0. The molecule has 0 amide bonds. The zero-order valence-electron chi connectivity index (χ0n) is 5.08. The highest BCUT2D eigenvalue weighted by atomic mass is 32.1. The standard InChI is InChI=1S/C7H5FOS/c8-6(5-9)4-7-2-1-3-10-7/h1-5H. The van der Waals surface area contributed by atoms with E-state index in [-0.39, 0.29) is 6.29 Å². The maximum atomic E-state index is 12.2. The molecule has 10 heavy (non-hydrogen) atoms. The van der Waals surface area contributed by atoms with Gasteiger partial charge in [-0.1, -0.05) is 6.07 Å². The van der Waals surface area contributed by atoms with E-state index < -0.39 is 5.83 Å². The number of rotatable bonds is 2. The molecule has 1 nitrogen and oxygen atoms in total. The van der Waals surface area contributed by atoms with Gasteiger partial charge in [0.1, 0.15) is 0 Å². The van der Waals surface area contributed by atoms with Gasteiger partial charge in [-0.05, 0) is 17.5 Å². The summed E-state index contributed by atoms with van der Waals surface area (Å²) in [6.07, 6.45) is 1.40. The van der Waals surface area contributed by atoms with E-state index in [1.807, 2.05) is 5.38 Å². The first-order valence-electron chi connectivity index (χ1n) is 2.69. The van der Waals surface area contributed by atoms with Crippen molar-refractivity contribution in [2.24, 2.45) is 0 Å². The predicted molar refractivity (Wildman–Crippen MR) is 39.5 cm³/mol. The summed E-state index contributed by atoms with van der Waals surface area (Å²) in [4.78, 5) is 10.5. The molecule has 0 radical (unpaired) electrons. The Bertz CT molecular complexity index is 238. The Morgan fingerprint density at radius 2 is 2.50 bits per heavy atom. The summed E-state index contributed by atoms with van der Waals surface area (Å²) in [5.74, 6) is -0.734. The first-order valence-corrected chi connectivity index (χ1v) is 3.57. The van der Waals surface area contributed by atoms with Gasteiger partial charge < -0.3 is 0 Å². The highest BCUT2D eigenvalue weighted by molar-refractivity contribution is 7.10. The fourth-order valence-electron chi connectivity index (χ4n) is 0.543. The molecule has 0 saturated heterocycles. The van der Waals surface area contributed by atoms with Crippen molar-refractivity contribution in [2.75, 3.05) is 0 Å². The average molecular weight is 156 g/mol. The Balaban J connectivity index is 2.80. The summed E-state index contributed by atoms with van der Waals surface area (Å²) in [5, 5.41) is 1.82. The summed E-state index contributed by atoms with van der Waals surface area (Å²) in [6.45, 7) is 0. The normalized spacial score (nSPS) is 11.5. The number of thiophene rings is 1. The summed E-state index contributed by atoms with van der Waals surface area (Å²) in [5.41, 5.74) is 0. The zero-order valence-corrected chi connectivity index (χ0v) is 5.90. The lowest BCUT2D eigenvalue weighted by Gasteiger charge is -1.80. The minimum atomic E-state index is -0.734. The van der Waals surface area contributed by atoms with Crippen molar-refractivity contribution < 1.29 is 9.18 Å². The topological polar surface area (TPSA) is 17.1 Å². The van der Waals surface area contributed by atoms with E-state index in [2.05, 4.69) is 0 Å². The SMILES string of the molecule is O=CC(F)=Cc1cccs1. The first-order chi connectivity index (χ1) is 4.83. The van der Waals surface area contributed by atoms with Crippen molar-refractivity contribution in [2.45, 2.75) is 0 Å². The van der Waals surface area contributed by atoms with E-state index in [1.165, 1.54) is 17.4 Å². The molecule has 3 heteroatoms. The molecule has 0 fully saturated rings.